The summed E-state index contributed by atoms with van der Waals surface area (Å²) >= 11 is 5.17. The molecule has 21 heavy (non-hydrogen) atoms. The van der Waals surface area contributed by atoms with Crippen LogP contribution in [0, 0.1) is 0 Å². The van der Waals surface area contributed by atoms with E-state index < -0.39 is 0 Å². The van der Waals surface area contributed by atoms with E-state index in [1.807, 2.05) is 17.2 Å². The maximum atomic E-state index is 13.0. The molecule has 112 valence electrons. The Bertz CT molecular complexity index is 629. The van der Waals surface area contributed by atoms with E-state index in [0.29, 0.717) is 12.6 Å². The number of hydrogen-bond donors (Lipinski definition) is 0. The van der Waals surface area contributed by atoms with E-state index in [1.54, 1.807) is 11.3 Å². The zero-order valence-corrected chi connectivity index (χ0v) is 14.7. The van der Waals surface area contributed by atoms with Crippen LogP contribution in [-0.2, 0) is 6.54 Å². The Morgan fingerprint density at radius 2 is 2.29 bits per heavy atom. The number of carbonyl (C=O) groups excluding carboxylic acids is 1. The predicted molar refractivity (Wildman–Crippen MR) is 89.7 cm³/mol. The quantitative estimate of drug-likeness (QED) is 0.752. The lowest BCUT2D eigenvalue weighted by Crippen LogP contribution is -2.34. The van der Waals surface area contributed by atoms with Crippen molar-refractivity contribution >= 4 is 33.2 Å². The molecule has 1 aliphatic rings. The zero-order valence-electron chi connectivity index (χ0n) is 12.3. The first-order valence-corrected chi connectivity index (χ1v) is 8.99. The number of halogens is 1. The second kappa shape index (κ2) is 5.97. The van der Waals surface area contributed by atoms with Crippen molar-refractivity contribution in [1.82, 2.24) is 9.47 Å². The Kier molecular flexibility index (Phi) is 4.22. The minimum atomic E-state index is 0.142. The largest absolute Gasteiger partial charge is 0.340 e. The van der Waals surface area contributed by atoms with Crippen molar-refractivity contribution in [1.29, 1.82) is 0 Å². The number of hydrogen-bond acceptors (Lipinski definition) is 2. The van der Waals surface area contributed by atoms with E-state index in [2.05, 4.69) is 51.2 Å². The molecule has 0 aliphatic heterocycles. The molecule has 1 amide bonds. The summed E-state index contributed by atoms with van der Waals surface area (Å²) in [6.07, 6.45) is 4.24. The van der Waals surface area contributed by atoms with Crippen LogP contribution in [0.15, 0.2) is 33.6 Å². The van der Waals surface area contributed by atoms with E-state index in [-0.39, 0.29) is 11.9 Å². The van der Waals surface area contributed by atoms with Crippen LogP contribution in [0.25, 0.3) is 0 Å². The van der Waals surface area contributed by atoms with Crippen LogP contribution in [0.4, 0.5) is 0 Å². The summed E-state index contributed by atoms with van der Waals surface area (Å²) in [5.41, 5.74) is 2.00. The second-order valence-electron chi connectivity index (χ2n) is 5.84. The first-order valence-electron chi connectivity index (χ1n) is 7.25. The van der Waals surface area contributed by atoms with E-state index in [1.165, 1.54) is 5.56 Å². The van der Waals surface area contributed by atoms with Gasteiger partial charge >= 0.3 is 0 Å². The molecule has 0 bridgehead atoms. The van der Waals surface area contributed by atoms with Crippen LogP contribution in [0.2, 0.25) is 0 Å². The maximum absolute atomic E-state index is 13.0. The average Bonchev–Trinajstić information content (AvgIpc) is 2.99. The lowest BCUT2D eigenvalue weighted by Gasteiger charge is -2.23. The highest BCUT2D eigenvalue weighted by Gasteiger charge is 2.34. The van der Waals surface area contributed by atoms with Crippen molar-refractivity contribution in [3.05, 3.63) is 44.8 Å². The van der Waals surface area contributed by atoms with Crippen molar-refractivity contribution in [2.75, 3.05) is 0 Å². The zero-order chi connectivity index (χ0) is 15.0. The summed E-state index contributed by atoms with van der Waals surface area (Å²) in [4.78, 5) is 15.0. The Morgan fingerprint density at radius 1 is 1.52 bits per heavy atom. The summed E-state index contributed by atoms with van der Waals surface area (Å²) in [5, 5.41) is 4.19. The molecular formula is C16H19BrN2OS. The van der Waals surface area contributed by atoms with E-state index in [0.717, 1.165) is 23.0 Å². The normalized spacial score (nSPS) is 14.7. The molecule has 3 nitrogen and oxygen atoms in total. The lowest BCUT2D eigenvalue weighted by molar-refractivity contribution is 0.0717. The van der Waals surface area contributed by atoms with Crippen LogP contribution >= 0.6 is 27.3 Å². The summed E-state index contributed by atoms with van der Waals surface area (Å²) in [7, 11) is 0. The van der Waals surface area contributed by atoms with Crippen molar-refractivity contribution < 1.29 is 4.79 Å². The smallest absolute Gasteiger partial charge is 0.271 e. The minimum Gasteiger partial charge on any atom is -0.340 e. The molecule has 0 unspecified atom stereocenters. The van der Waals surface area contributed by atoms with Crippen LogP contribution in [0.5, 0.6) is 0 Å². The second-order valence-corrected chi connectivity index (χ2v) is 7.54. The predicted octanol–water partition coefficient (Wildman–Crippen LogP) is 4.70. The van der Waals surface area contributed by atoms with Gasteiger partial charge in [-0.1, -0.05) is 0 Å². The molecule has 0 saturated heterocycles. The number of thiophene rings is 1. The Labute approximate surface area is 137 Å². The fourth-order valence-electron chi connectivity index (χ4n) is 2.52. The summed E-state index contributed by atoms with van der Waals surface area (Å²) in [5.74, 6) is 0.142. The lowest BCUT2D eigenvalue weighted by atomic mass is 10.2. The van der Waals surface area contributed by atoms with Gasteiger partial charge in [-0.2, -0.15) is 11.3 Å². The monoisotopic (exact) mass is 366 g/mol. The number of carbonyl (C=O) groups is 1. The Morgan fingerprint density at radius 3 is 2.86 bits per heavy atom. The molecule has 1 saturated carbocycles. The van der Waals surface area contributed by atoms with Gasteiger partial charge in [0.2, 0.25) is 0 Å². The third-order valence-electron chi connectivity index (χ3n) is 3.77. The van der Waals surface area contributed by atoms with Gasteiger partial charge < -0.3 is 9.47 Å². The van der Waals surface area contributed by atoms with E-state index in [4.69, 9.17) is 0 Å². The molecule has 0 radical (unpaired) electrons. The molecule has 2 aromatic heterocycles. The fraction of sp³-hybridized carbons (Fsp3) is 0.438. The third-order valence-corrected chi connectivity index (χ3v) is 4.94. The third kappa shape index (κ3) is 3.24. The highest BCUT2D eigenvalue weighted by Crippen LogP contribution is 2.31. The van der Waals surface area contributed by atoms with Gasteiger partial charge in [-0.25, -0.2) is 0 Å². The van der Waals surface area contributed by atoms with Crippen molar-refractivity contribution in [2.24, 2.45) is 0 Å². The maximum Gasteiger partial charge on any atom is 0.271 e. The minimum absolute atomic E-state index is 0.142. The molecule has 5 heteroatoms. The molecule has 0 atom stereocenters. The number of aromatic nitrogens is 1. The summed E-state index contributed by atoms with van der Waals surface area (Å²) in [6, 6.07) is 4.72. The van der Waals surface area contributed by atoms with Gasteiger partial charge in [0.1, 0.15) is 5.69 Å². The summed E-state index contributed by atoms with van der Waals surface area (Å²) in [6.45, 7) is 4.92. The molecule has 1 aliphatic carbocycles. The van der Waals surface area contributed by atoms with Crippen molar-refractivity contribution in [2.45, 2.75) is 45.3 Å². The Hall–Kier alpha value is -1.07. The van der Waals surface area contributed by atoms with Gasteiger partial charge in [0, 0.05) is 29.3 Å². The van der Waals surface area contributed by atoms with E-state index >= 15 is 0 Å². The van der Waals surface area contributed by atoms with Crippen LogP contribution in [0.3, 0.4) is 0 Å². The number of amides is 1. The molecule has 2 aromatic rings. The molecular weight excluding hydrogens is 348 g/mol. The van der Waals surface area contributed by atoms with Crippen LogP contribution in [-0.4, -0.2) is 21.4 Å². The average molecular weight is 367 g/mol. The molecule has 0 aromatic carbocycles. The molecule has 2 heterocycles. The van der Waals surface area contributed by atoms with E-state index in [9.17, 15) is 4.79 Å². The highest BCUT2D eigenvalue weighted by molar-refractivity contribution is 9.10. The Balaban J connectivity index is 1.87. The topological polar surface area (TPSA) is 25.2 Å². The van der Waals surface area contributed by atoms with Gasteiger partial charge in [0.05, 0.1) is 0 Å². The van der Waals surface area contributed by atoms with Crippen LogP contribution < -0.4 is 0 Å². The van der Waals surface area contributed by atoms with Crippen LogP contribution in [0.1, 0.15) is 48.8 Å². The van der Waals surface area contributed by atoms with Gasteiger partial charge in [0.15, 0.2) is 0 Å². The van der Waals surface area contributed by atoms with Gasteiger partial charge in [-0.15, -0.1) is 0 Å². The molecule has 1 fully saturated rings. The van der Waals surface area contributed by atoms with Gasteiger partial charge in [-0.05, 0) is 71.1 Å². The fourth-order valence-corrected chi connectivity index (χ4v) is 3.62. The SMILES string of the molecule is CC(C)n1cc(Br)cc1C(=O)N(Cc1ccsc1)C1CC1. The molecule has 0 spiro atoms. The molecule has 0 N–H and O–H groups in total. The standard InChI is InChI=1S/C16H19BrN2OS/c1-11(2)18-9-13(17)7-15(18)16(20)19(14-3-4-14)8-12-5-6-21-10-12/h5-7,9-11,14H,3-4,8H2,1-2H3. The number of nitrogens with zero attached hydrogens (tertiary/aromatic N) is 2. The highest BCUT2D eigenvalue weighted by atomic mass is 79.9. The van der Waals surface area contributed by atoms with Gasteiger partial charge in [0.25, 0.3) is 5.91 Å². The first kappa shape index (κ1) is 14.9. The summed E-state index contributed by atoms with van der Waals surface area (Å²) < 4.78 is 3.01. The number of rotatable bonds is 5. The molecule has 3 rings (SSSR count). The first-order chi connectivity index (χ1) is 10.1. The van der Waals surface area contributed by atoms with Crippen molar-refractivity contribution in [3.63, 3.8) is 0 Å². The van der Waals surface area contributed by atoms with Crippen molar-refractivity contribution in [3.8, 4) is 0 Å². The van der Waals surface area contributed by atoms with Gasteiger partial charge in [-0.3, -0.25) is 4.79 Å².